The molecule has 1 heterocycles. The number of aromatic hydroxyl groups is 1. The van der Waals surface area contributed by atoms with Gasteiger partial charge in [0.15, 0.2) is 0 Å². The van der Waals surface area contributed by atoms with Gasteiger partial charge in [0.05, 0.1) is 16.7 Å². The number of para-hydroxylation sites is 4. The minimum atomic E-state index is -0.206. The van der Waals surface area contributed by atoms with Crippen LogP contribution in [0.2, 0.25) is 0 Å². The second kappa shape index (κ2) is 5.28. The molecule has 0 saturated carbocycles. The third-order valence-electron chi connectivity index (χ3n) is 3.33. The molecule has 3 rings (SSSR count). The first kappa shape index (κ1) is 13.2. The normalized spacial score (nSPS) is 10.7. The Morgan fingerprint density at radius 3 is 2.71 bits per heavy atom. The van der Waals surface area contributed by atoms with Crippen molar-refractivity contribution in [2.45, 2.75) is 13.5 Å². The molecule has 0 aliphatic heterocycles. The largest absolute Gasteiger partial charge is 0.506 e. The Kier molecular flexibility index (Phi) is 3.31. The van der Waals surface area contributed by atoms with Crippen LogP contribution < -0.4 is 5.32 Å². The molecule has 2 aromatic carbocycles. The van der Waals surface area contributed by atoms with Gasteiger partial charge in [-0.3, -0.25) is 4.79 Å². The van der Waals surface area contributed by atoms with E-state index in [1.165, 1.54) is 6.07 Å². The van der Waals surface area contributed by atoms with Crippen molar-refractivity contribution in [2.24, 2.45) is 0 Å². The number of aromatic nitrogens is 2. The van der Waals surface area contributed by atoms with E-state index in [2.05, 4.69) is 10.3 Å². The molecule has 0 bridgehead atoms. The molecule has 0 radical (unpaired) electrons. The van der Waals surface area contributed by atoms with E-state index < -0.39 is 0 Å². The molecule has 5 nitrogen and oxygen atoms in total. The van der Waals surface area contributed by atoms with Gasteiger partial charge < -0.3 is 15.0 Å². The number of nitrogens with one attached hydrogen (secondary N) is 1. The fourth-order valence-corrected chi connectivity index (χ4v) is 2.31. The van der Waals surface area contributed by atoms with Crippen molar-refractivity contribution in [3.63, 3.8) is 0 Å². The predicted octanol–water partition coefficient (Wildman–Crippen LogP) is 2.69. The molecule has 0 spiro atoms. The maximum atomic E-state index is 12.2. The van der Waals surface area contributed by atoms with Gasteiger partial charge >= 0.3 is 0 Å². The number of benzene rings is 2. The average molecular weight is 281 g/mol. The number of nitrogens with zero attached hydrogens (tertiary/aromatic N) is 2. The zero-order valence-corrected chi connectivity index (χ0v) is 11.6. The van der Waals surface area contributed by atoms with Gasteiger partial charge in [-0.05, 0) is 31.2 Å². The summed E-state index contributed by atoms with van der Waals surface area (Å²) in [6.45, 7) is 2.02. The number of phenols is 1. The summed E-state index contributed by atoms with van der Waals surface area (Å²) in [7, 11) is 0. The van der Waals surface area contributed by atoms with Gasteiger partial charge in [-0.1, -0.05) is 24.3 Å². The van der Waals surface area contributed by atoms with Crippen molar-refractivity contribution in [1.82, 2.24) is 9.55 Å². The molecule has 0 saturated heterocycles. The molecule has 1 amide bonds. The number of phenolic OH excluding ortho intramolecular Hbond substituents is 1. The summed E-state index contributed by atoms with van der Waals surface area (Å²) in [6.07, 6.45) is 0. The lowest BCUT2D eigenvalue weighted by atomic mass is 10.3. The van der Waals surface area contributed by atoms with Crippen molar-refractivity contribution >= 4 is 22.6 Å². The fraction of sp³-hybridized carbons (Fsp3) is 0.125. The highest BCUT2D eigenvalue weighted by Crippen LogP contribution is 2.22. The lowest BCUT2D eigenvalue weighted by Crippen LogP contribution is -2.19. The van der Waals surface area contributed by atoms with Crippen molar-refractivity contribution in [1.29, 1.82) is 0 Å². The van der Waals surface area contributed by atoms with Crippen LogP contribution in [-0.4, -0.2) is 20.6 Å². The highest BCUT2D eigenvalue weighted by atomic mass is 16.3. The third kappa shape index (κ3) is 2.58. The molecule has 0 aliphatic carbocycles. The zero-order valence-electron chi connectivity index (χ0n) is 11.6. The summed E-state index contributed by atoms with van der Waals surface area (Å²) in [4.78, 5) is 16.6. The fourth-order valence-electron chi connectivity index (χ4n) is 2.31. The van der Waals surface area contributed by atoms with E-state index in [-0.39, 0.29) is 18.2 Å². The third-order valence-corrected chi connectivity index (χ3v) is 3.33. The number of carbonyl (C=O) groups excluding carboxylic acids is 1. The van der Waals surface area contributed by atoms with Crippen LogP contribution in [0.1, 0.15) is 5.82 Å². The van der Waals surface area contributed by atoms with Crippen LogP contribution in [0.4, 0.5) is 5.69 Å². The van der Waals surface area contributed by atoms with Crippen LogP contribution in [0, 0.1) is 6.92 Å². The number of amides is 1. The maximum absolute atomic E-state index is 12.2. The van der Waals surface area contributed by atoms with Crippen LogP contribution in [0.5, 0.6) is 5.75 Å². The van der Waals surface area contributed by atoms with Crippen LogP contribution in [0.15, 0.2) is 48.5 Å². The van der Waals surface area contributed by atoms with Gasteiger partial charge in [-0.15, -0.1) is 0 Å². The van der Waals surface area contributed by atoms with Gasteiger partial charge in [-0.25, -0.2) is 4.98 Å². The van der Waals surface area contributed by atoms with Gasteiger partial charge in [0.2, 0.25) is 5.91 Å². The van der Waals surface area contributed by atoms with Crippen LogP contribution in [0.25, 0.3) is 11.0 Å². The number of anilines is 1. The van der Waals surface area contributed by atoms with Gasteiger partial charge in [0.1, 0.15) is 18.1 Å². The number of imidazole rings is 1. The van der Waals surface area contributed by atoms with Crippen molar-refractivity contribution < 1.29 is 9.90 Å². The topological polar surface area (TPSA) is 67.2 Å². The smallest absolute Gasteiger partial charge is 0.244 e. The summed E-state index contributed by atoms with van der Waals surface area (Å²) in [5.74, 6) is 0.629. The van der Waals surface area contributed by atoms with E-state index in [0.29, 0.717) is 5.69 Å². The quantitative estimate of drug-likeness (QED) is 0.725. The van der Waals surface area contributed by atoms with Gasteiger partial charge in [-0.2, -0.15) is 0 Å². The highest BCUT2D eigenvalue weighted by Gasteiger charge is 2.11. The molecular weight excluding hydrogens is 266 g/mol. The van der Waals surface area contributed by atoms with Gasteiger partial charge in [0, 0.05) is 0 Å². The Hall–Kier alpha value is -2.82. The molecule has 0 aliphatic rings. The highest BCUT2D eigenvalue weighted by molar-refractivity contribution is 5.93. The van der Waals surface area contributed by atoms with Crippen LogP contribution >= 0.6 is 0 Å². The first-order chi connectivity index (χ1) is 10.1. The Labute approximate surface area is 121 Å². The summed E-state index contributed by atoms with van der Waals surface area (Å²) in [6, 6.07) is 14.3. The number of hydrogen-bond acceptors (Lipinski definition) is 3. The maximum Gasteiger partial charge on any atom is 0.244 e. The van der Waals surface area contributed by atoms with Gasteiger partial charge in [0.25, 0.3) is 0 Å². The number of fused-ring (bicyclic) bond motifs is 1. The number of carbonyl (C=O) groups is 1. The van der Waals surface area contributed by atoms with E-state index >= 15 is 0 Å². The van der Waals surface area contributed by atoms with Crippen molar-refractivity contribution in [3.05, 3.63) is 54.4 Å². The second-order valence-corrected chi connectivity index (χ2v) is 4.80. The van der Waals surface area contributed by atoms with E-state index in [1.54, 1.807) is 18.2 Å². The summed E-state index contributed by atoms with van der Waals surface area (Å²) in [5.41, 5.74) is 2.19. The minimum absolute atomic E-state index is 0.0538. The predicted molar refractivity (Wildman–Crippen MR) is 81.2 cm³/mol. The molecular formula is C16H15N3O2. The van der Waals surface area contributed by atoms with Crippen molar-refractivity contribution in [3.8, 4) is 5.75 Å². The molecule has 0 unspecified atom stereocenters. The second-order valence-electron chi connectivity index (χ2n) is 4.80. The first-order valence-electron chi connectivity index (χ1n) is 6.65. The van der Waals surface area contributed by atoms with E-state index in [4.69, 9.17) is 0 Å². The number of hydrogen-bond donors (Lipinski definition) is 2. The molecule has 0 atom stereocenters. The molecule has 3 aromatic rings. The Morgan fingerprint density at radius 2 is 1.90 bits per heavy atom. The molecule has 5 heteroatoms. The standard InChI is InChI=1S/C16H15N3O2/c1-11-17-12-6-2-4-8-14(12)19(11)10-16(21)18-13-7-3-5-9-15(13)20/h2-9,20H,10H2,1H3,(H,18,21). The molecule has 2 N–H and O–H groups in total. The molecule has 1 aromatic heterocycles. The van der Waals surface area contributed by atoms with E-state index in [0.717, 1.165) is 16.9 Å². The number of rotatable bonds is 3. The van der Waals surface area contributed by atoms with E-state index in [9.17, 15) is 9.90 Å². The average Bonchev–Trinajstić information content (AvgIpc) is 2.78. The first-order valence-corrected chi connectivity index (χ1v) is 6.65. The monoisotopic (exact) mass is 281 g/mol. The summed E-state index contributed by atoms with van der Waals surface area (Å²) < 4.78 is 1.85. The van der Waals surface area contributed by atoms with Crippen LogP contribution in [-0.2, 0) is 11.3 Å². The summed E-state index contributed by atoms with van der Waals surface area (Å²) >= 11 is 0. The summed E-state index contributed by atoms with van der Waals surface area (Å²) in [5, 5.41) is 12.4. The molecule has 0 fully saturated rings. The van der Waals surface area contributed by atoms with Crippen molar-refractivity contribution in [2.75, 3.05) is 5.32 Å². The minimum Gasteiger partial charge on any atom is -0.506 e. The number of aryl methyl sites for hydroxylation is 1. The lowest BCUT2D eigenvalue weighted by Gasteiger charge is -2.09. The lowest BCUT2D eigenvalue weighted by molar-refractivity contribution is -0.116. The zero-order chi connectivity index (χ0) is 14.8. The Balaban J connectivity index is 1.84. The van der Waals surface area contributed by atoms with E-state index in [1.807, 2.05) is 35.8 Å². The molecule has 106 valence electrons. The Morgan fingerprint density at radius 1 is 1.19 bits per heavy atom. The molecule has 21 heavy (non-hydrogen) atoms. The van der Waals surface area contributed by atoms with Crippen LogP contribution in [0.3, 0.4) is 0 Å². The Bertz CT molecular complexity index is 808. The SMILES string of the molecule is Cc1nc2ccccc2n1CC(=O)Nc1ccccc1O.